The molecule has 1 atom stereocenters. The molecule has 15 heavy (non-hydrogen) atoms. The van der Waals surface area contributed by atoms with Gasteiger partial charge in [0.2, 0.25) is 0 Å². The maximum atomic E-state index is 11.6. The van der Waals surface area contributed by atoms with Gasteiger partial charge < -0.3 is 10.1 Å². The Labute approximate surface area is 90.5 Å². The highest BCUT2D eigenvalue weighted by molar-refractivity contribution is 6.31. The summed E-state index contributed by atoms with van der Waals surface area (Å²) in [6.45, 7) is 1.54. The molecule has 78 valence electrons. The lowest BCUT2D eigenvalue weighted by atomic mass is 10.2. The summed E-state index contributed by atoms with van der Waals surface area (Å²) in [5.41, 5.74) is 0.234. The second kappa shape index (κ2) is 3.64. The molecule has 0 fully saturated rings. The number of halogens is 1. The van der Waals surface area contributed by atoms with Crippen LogP contribution in [0.3, 0.4) is 0 Å². The zero-order valence-corrected chi connectivity index (χ0v) is 8.75. The van der Waals surface area contributed by atoms with E-state index in [0.29, 0.717) is 15.9 Å². The van der Waals surface area contributed by atoms with Crippen molar-refractivity contribution in [2.24, 2.45) is 0 Å². The van der Waals surface area contributed by atoms with Crippen LogP contribution < -0.4 is 5.56 Å². The molecule has 2 rings (SSSR count). The summed E-state index contributed by atoms with van der Waals surface area (Å²) in [5, 5.41) is 10.2. The molecule has 0 bridgehead atoms. The Hall–Kier alpha value is -1.39. The van der Waals surface area contributed by atoms with E-state index in [4.69, 9.17) is 11.6 Å². The number of aromatic nitrogens is 2. The fourth-order valence-electron chi connectivity index (χ4n) is 1.33. The Kier molecular flexibility index (Phi) is 2.46. The predicted octanol–water partition coefficient (Wildman–Crippen LogP) is 1.63. The number of fused-ring (bicyclic) bond motifs is 1. The third kappa shape index (κ3) is 1.86. The molecular weight excluding hydrogens is 216 g/mol. The minimum Gasteiger partial charge on any atom is -0.385 e. The first-order valence-electron chi connectivity index (χ1n) is 4.45. The number of hydrogen-bond acceptors (Lipinski definition) is 3. The molecule has 2 N–H and O–H groups in total. The molecule has 0 aliphatic rings. The van der Waals surface area contributed by atoms with E-state index in [9.17, 15) is 9.90 Å². The number of rotatable bonds is 1. The number of H-pyrrole nitrogens is 1. The van der Waals surface area contributed by atoms with Gasteiger partial charge in [-0.25, -0.2) is 4.98 Å². The van der Waals surface area contributed by atoms with Gasteiger partial charge in [-0.05, 0) is 25.1 Å². The molecule has 4 nitrogen and oxygen atoms in total. The van der Waals surface area contributed by atoms with Crippen LogP contribution in [0.2, 0.25) is 5.02 Å². The Balaban J connectivity index is 2.79. The van der Waals surface area contributed by atoms with Gasteiger partial charge in [0, 0.05) is 5.02 Å². The summed E-state index contributed by atoms with van der Waals surface area (Å²) in [7, 11) is 0. The predicted molar refractivity (Wildman–Crippen MR) is 58.0 cm³/mol. The Morgan fingerprint density at radius 2 is 2.27 bits per heavy atom. The van der Waals surface area contributed by atoms with Gasteiger partial charge in [0.05, 0.1) is 10.9 Å². The van der Waals surface area contributed by atoms with Crippen LogP contribution in [0.4, 0.5) is 0 Å². The average molecular weight is 225 g/mol. The van der Waals surface area contributed by atoms with E-state index in [-0.39, 0.29) is 11.4 Å². The van der Waals surface area contributed by atoms with E-state index >= 15 is 0 Å². The molecule has 0 amide bonds. The molecule has 0 aliphatic heterocycles. The van der Waals surface area contributed by atoms with Crippen molar-refractivity contribution >= 4 is 22.5 Å². The lowest BCUT2D eigenvalue weighted by molar-refractivity contribution is 0.189. The molecule has 0 saturated carbocycles. The van der Waals surface area contributed by atoms with Crippen molar-refractivity contribution in [1.82, 2.24) is 9.97 Å². The standard InChI is InChI=1S/C10H9ClN2O2/c1-5(14)9-12-8-3-2-6(11)4-7(8)10(15)13-9/h2-5,14H,1H3,(H,12,13,15). The first-order chi connectivity index (χ1) is 7.08. The van der Waals surface area contributed by atoms with Gasteiger partial charge in [0.1, 0.15) is 11.9 Å². The molecule has 1 heterocycles. The molecule has 0 saturated heterocycles. The smallest absolute Gasteiger partial charge is 0.258 e. The summed E-state index contributed by atoms with van der Waals surface area (Å²) >= 11 is 5.76. The molecule has 5 heteroatoms. The molecule has 1 aromatic carbocycles. The third-order valence-electron chi connectivity index (χ3n) is 2.08. The highest BCUT2D eigenvalue weighted by Crippen LogP contribution is 2.15. The highest BCUT2D eigenvalue weighted by Gasteiger charge is 2.07. The molecule has 1 unspecified atom stereocenters. The van der Waals surface area contributed by atoms with Gasteiger partial charge in [-0.15, -0.1) is 0 Å². The molecule has 0 aliphatic carbocycles. The van der Waals surface area contributed by atoms with Crippen LogP contribution in [0, 0.1) is 0 Å². The highest BCUT2D eigenvalue weighted by atomic mass is 35.5. The second-order valence-corrected chi connectivity index (χ2v) is 3.73. The van der Waals surface area contributed by atoms with Crippen molar-refractivity contribution in [1.29, 1.82) is 0 Å². The average Bonchev–Trinajstić information content (AvgIpc) is 2.18. The number of benzene rings is 1. The van der Waals surface area contributed by atoms with Gasteiger partial charge >= 0.3 is 0 Å². The monoisotopic (exact) mass is 224 g/mol. The first-order valence-corrected chi connectivity index (χ1v) is 4.83. The maximum Gasteiger partial charge on any atom is 0.258 e. The van der Waals surface area contributed by atoms with Crippen LogP contribution in [0.25, 0.3) is 10.9 Å². The summed E-state index contributed by atoms with van der Waals surface area (Å²) in [4.78, 5) is 18.2. The molecule has 0 radical (unpaired) electrons. The van der Waals surface area contributed by atoms with E-state index in [2.05, 4.69) is 9.97 Å². The van der Waals surface area contributed by atoms with Crippen molar-refractivity contribution in [2.45, 2.75) is 13.0 Å². The van der Waals surface area contributed by atoms with Crippen molar-refractivity contribution in [3.05, 3.63) is 39.4 Å². The van der Waals surface area contributed by atoms with Gasteiger partial charge in [0.15, 0.2) is 0 Å². The lowest BCUT2D eigenvalue weighted by Gasteiger charge is -2.04. The van der Waals surface area contributed by atoms with Crippen LogP contribution >= 0.6 is 11.6 Å². The van der Waals surface area contributed by atoms with Crippen LogP contribution in [0.1, 0.15) is 18.9 Å². The van der Waals surface area contributed by atoms with Crippen molar-refractivity contribution < 1.29 is 5.11 Å². The van der Waals surface area contributed by atoms with E-state index in [1.165, 1.54) is 0 Å². The Morgan fingerprint density at radius 3 is 2.93 bits per heavy atom. The lowest BCUT2D eigenvalue weighted by Crippen LogP contribution is -2.13. The van der Waals surface area contributed by atoms with Crippen LogP contribution in [-0.2, 0) is 0 Å². The van der Waals surface area contributed by atoms with Crippen molar-refractivity contribution in [2.75, 3.05) is 0 Å². The van der Waals surface area contributed by atoms with E-state index in [1.807, 2.05) is 0 Å². The molecule has 2 aromatic rings. The number of aromatic amines is 1. The summed E-state index contributed by atoms with van der Waals surface area (Å²) in [5.74, 6) is 0.259. The number of aliphatic hydroxyl groups excluding tert-OH is 1. The first kappa shape index (κ1) is 10.1. The number of aliphatic hydroxyl groups is 1. The number of nitrogens with one attached hydrogen (secondary N) is 1. The number of hydrogen-bond donors (Lipinski definition) is 2. The molecule has 0 spiro atoms. The maximum absolute atomic E-state index is 11.6. The van der Waals surface area contributed by atoms with Gasteiger partial charge in [-0.1, -0.05) is 11.6 Å². The van der Waals surface area contributed by atoms with Crippen LogP contribution in [0.5, 0.6) is 0 Å². The van der Waals surface area contributed by atoms with Crippen molar-refractivity contribution in [3.63, 3.8) is 0 Å². The Bertz CT molecular complexity index is 563. The summed E-state index contributed by atoms with van der Waals surface area (Å²) in [6, 6.07) is 4.86. The van der Waals surface area contributed by atoms with Crippen molar-refractivity contribution in [3.8, 4) is 0 Å². The SMILES string of the molecule is CC(O)c1nc2ccc(Cl)cc2c(=O)[nH]1. The van der Waals surface area contributed by atoms with E-state index in [0.717, 1.165) is 0 Å². The third-order valence-corrected chi connectivity index (χ3v) is 2.32. The summed E-state index contributed by atoms with van der Waals surface area (Å²) < 4.78 is 0. The fraction of sp³-hybridized carbons (Fsp3) is 0.200. The van der Waals surface area contributed by atoms with Crippen LogP contribution in [-0.4, -0.2) is 15.1 Å². The normalized spacial score (nSPS) is 13.0. The zero-order valence-electron chi connectivity index (χ0n) is 7.99. The molecule has 1 aromatic heterocycles. The molecular formula is C10H9ClN2O2. The number of nitrogens with zero attached hydrogens (tertiary/aromatic N) is 1. The summed E-state index contributed by atoms with van der Waals surface area (Å²) in [6.07, 6.45) is -0.794. The van der Waals surface area contributed by atoms with E-state index < -0.39 is 6.10 Å². The zero-order chi connectivity index (χ0) is 11.0. The topological polar surface area (TPSA) is 66.0 Å². The van der Waals surface area contributed by atoms with Crippen LogP contribution in [0.15, 0.2) is 23.0 Å². The fourth-order valence-corrected chi connectivity index (χ4v) is 1.50. The van der Waals surface area contributed by atoms with Gasteiger partial charge in [0.25, 0.3) is 5.56 Å². The second-order valence-electron chi connectivity index (χ2n) is 3.29. The minimum atomic E-state index is -0.794. The van der Waals surface area contributed by atoms with E-state index in [1.54, 1.807) is 25.1 Å². The van der Waals surface area contributed by atoms with Gasteiger partial charge in [-0.2, -0.15) is 0 Å². The quantitative estimate of drug-likeness (QED) is 0.774. The largest absolute Gasteiger partial charge is 0.385 e. The minimum absolute atomic E-state index is 0.259. The van der Waals surface area contributed by atoms with Gasteiger partial charge in [-0.3, -0.25) is 4.79 Å². The Morgan fingerprint density at radius 1 is 1.53 bits per heavy atom.